The predicted octanol–water partition coefficient (Wildman–Crippen LogP) is 3.61. The van der Waals surface area contributed by atoms with Crippen molar-refractivity contribution in [2.45, 2.75) is 20.3 Å². The highest BCUT2D eigenvalue weighted by Gasteiger charge is 2.20. The quantitative estimate of drug-likeness (QED) is 0.918. The van der Waals surface area contributed by atoms with Gasteiger partial charge in [0.1, 0.15) is 10.6 Å². The minimum atomic E-state index is -0.00619. The lowest BCUT2D eigenvalue weighted by atomic mass is 10.1. The average Bonchev–Trinajstić information content (AvgIpc) is 2.80. The highest BCUT2D eigenvalue weighted by atomic mass is 32.1. The molecule has 0 unspecified atom stereocenters. The number of methoxy groups -OCH3 is 1. The third kappa shape index (κ3) is 3.29. The number of amides is 1. The lowest BCUT2D eigenvalue weighted by Gasteiger charge is -2.17. The van der Waals surface area contributed by atoms with Crippen LogP contribution in [0, 0.1) is 5.92 Å². The molecule has 0 saturated carbocycles. The first-order valence-electron chi connectivity index (χ1n) is 7.05. The van der Waals surface area contributed by atoms with Crippen LogP contribution in [0.25, 0.3) is 10.1 Å². The summed E-state index contributed by atoms with van der Waals surface area (Å²) in [6.45, 7) is 5.05. The summed E-state index contributed by atoms with van der Waals surface area (Å²) in [7, 11) is 3.46. The van der Waals surface area contributed by atoms with Crippen molar-refractivity contribution in [1.82, 2.24) is 4.90 Å². The lowest BCUT2D eigenvalue weighted by Crippen LogP contribution is -2.28. The van der Waals surface area contributed by atoms with E-state index in [2.05, 4.69) is 13.8 Å². The third-order valence-corrected chi connectivity index (χ3v) is 4.67. The van der Waals surface area contributed by atoms with E-state index in [9.17, 15) is 4.79 Å². The number of nitrogens with two attached hydrogens (primary N) is 1. The molecule has 0 aliphatic heterocycles. The first-order chi connectivity index (χ1) is 9.93. The molecule has 2 aromatic rings. The van der Waals surface area contributed by atoms with Crippen LogP contribution in [0.5, 0.6) is 5.75 Å². The largest absolute Gasteiger partial charge is 0.497 e. The summed E-state index contributed by atoms with van der Waals surface area (Å²) < 4.78 is 6.19. The van der Waals surface area contributed by atoms with Gasteiger partial charge in [0.2, 0.25) is 0 Å². The molecule has 0 radical (unpaired) electrons. The fourth-order valence-electron chi connectivity index (χ4n) is 2.11. The summed E-state index contributed by atoms with van der Waals surface area (Å²) in [4.78, 5) is 14.9. The second-order valence-corrected chi connectivity index (χ2v) is 6.67. The number of carbonyl (C=O) groups is 1. The van der Waals surface area contributed by atoms with Gasteiger partial charge >= 0.3 is 0 Å². The van der Waals surface area contributed by atoms with Crippen LogP contribution in [0.3, 0.4) is 0 Å². The zero-order valence-electron chi connectivity index (χ0n) is 13.0. The van der Waals surface area contributed by atoms with Crippen molar-refractivity contribution in [3.05, 3.63) is 23.1 Å². The topological polar surface area (TPSA) is 55.6 Å². The van der Waals surface area contributed by atoms with Gasteiger partial charge in [-0.2, -0.15) is 0 Å². The smallest absolute Gasteiger partial charge is 0.265 e. The molecule has 0 spiro atoms. The Morgan fingerprint density at radius 2 is 2.14 bits per heavy atom. The van der Waals surface area contributed by atoms with E-state index in [0.717, 1.165) is 28.8 Å². The molecule has 1 amide bonds. The third-order valence-electron chi connectivity index (χ3n) is 3.52. The summed E-state index contributed by atoms with van der Waals surface area (Å²) in [5.41, 5.74) is 6.72. The summed E-state index contributed by atoms with van der Waals surface area (Å²) in [6, 6.07) is 5.69. The molecule has 0 bridgehead atoms. The molecule has 21 heavy (non-hydrogen) atoms. The van der Waals surface area contributed by atoms with E-state index in [1.54, 1.807) is 12.0 Å². The number of fused-ring (bicyclic) bond motifs is 1. The van der Waals surface area contributed by atoms with E-state index in [4.69, 9.17) is 10.5 Å². The molecule has 1 aromatic heterocycles. The molecule has 0 saturated heterocycles. The SMILES string of the molecule is COc1ccc2c(N)c(C(=O)N(C)CCC(C)C)sc2c1. The van der Waals surface area contributed by atoms with E-state index in [-0.39, 0.29) is 5.91 Å². The number of hydrogen-bond acceptors (Lipinski definition) is 4. The molecule has 4 nitrogen and oxygen atoms in total. The maximum absolute atomic E-state index is 12.5. The zero-order valence-corrected chi connectivity index (χ0v) is 13.8. The average molecular weight is 306 g/mol. The number of benzene rings is 1. The number of carbonyl (C=O) groups excluding carboxylic acids is 1. The number of nitrogen functional groups attached to an aromatic ring is 1. The first kappa shape index (κ1) is 15.6. The molecular formula is C16H22N2O2S. The molecule has 2 N–H and O–H groups in total. The molecule has 0 fully saturated rings. The minimum absolute atomic E-state index is 0.00619. The Bertz CT molecular complexity index is 649. The van der Waals surface area contributed by atoms with Gasteiger partial charge in [0, 0.05) is 23.7 Å². The first-order valence-corrected chi connectivity index (χ1v) is 7.87. The van der Waals surface area contributed by atoms with Crippen LogP contribution in [0.15, 0.2) is 18.2 Å². The molecule has 5 heteroatoms. The van der Waals surface area contributed by atoms with Crippen molar-refractivity contribution in [2.24, 2.45) is 5.92 Å². The number of ether oxygens (including phenoxy) is 1. The van der Waals surface area contributed by atoms with Crippen molar-refractivity contribution in [2.75, 3.05) is 26.4 Å². The van der Waals surface area contributed by atoms with Gasteiger partial charge in [-0.1, -0.05) is 13.8 Å². The van der Waals surface area contributed by atoms with Crippen molar-refractivity contribution in [1.29, 1.82) is 0 Å². The Kier molecular flexibility index (Phi) is 4.73. The van der Waals surface area contributed by atoms with Gasteiger partial charge in [-0.05, 0) is 30.5 Å². The van der Waals surface area contributed by atoms with Gasteiger partial charge in [0.25, 0.3) is 5.91 Å². The van der Waals surface area contributed by atoms with Crippen LogP contribution in [0.1, 0.15) is 29.9 Å². The van der Waals surface area contributed by atoms with Crippen molar-refractivity contribution in [3.63, 3.8) is 0 Å². The van der Waals surface area contributed by atoms with Crippen molar-refractivity contribution >= 4 is 33.0 Å². The highest BCUT2D eigenvalue weighted by Crippen LogP contribution is 2.36. The standard InChI is InChI=1S/C16H22N2O2S/c1-10(2)7-8-18(3)16(19)15-14(17)12-6-5-11(20-4)9-13(12)21-15/h5-6,9-10H,7-8,17H2,1-4H3. The second kappa shape index (κ2) is 6.35. The summed E-state index contributed by atoms with van der Waals surface area (Å²) >= 11 is 1.43. The van der Waals surface area contributed by atoms with Gasteiger partial charge < -0.3 is 15.4 Å². The molecular weight excluding hydrogens is 284 g/mol. The highest BCUT2D eigenvalue weighted by molar-refractivity contribution is 7.21. The summed E-state index contributed by atoms with van der Waals surface area (Å²) in [6.07, 6.45) is 0.987. The fraction of sp³-hybridized carbons (Fsp3) is 0.438. The molecule has 2 rings (SSSR count). The number of rotatable bonds is 5. The normalized spacial score (nSPS) is 11.1. The molecule has 114 valence electrons. The van der Waals surface area contributed by atoms with Gasteiger partial charge in [0.05, 0.1) is 12.8 Å². The Labute approximate surface area is 129 Å². The Balaban J connectivity index is 2.28. The van der Waals surface area contributed by atoms with Crippen molar-refractivity contribution < 1.29 is 9.53 Å². The number of nitrogens with zero attached hydrogens (tertiary/aromatic N) is 1. The zero-order chi connectivity index (χ0) is 15.6. The second-order valence-electron chi connectivity index (χ2n) is 5.62. The van der Waals surface area contributed by atoms with Crippen LogP contribution in [-0.4, -0.2) is 31.5 Å². The lowest BCUT2D eigenvalue weighted by molar-refractivity contribution is 0.0795. The monoisotopic (exact) mass is 306 g/mol. The van der Waals surface area contributed by atoms with Gasteiger partial charge in [-0.15, -0.1) is 11.3 Å². The maximum Gasteiger partial charge on any atom is 0.265 e. The van der Waals surface area contributed by atoms with E-state index >= 15 is 0 Å². The minimum Gasteiger partial charge on any atom is -0.497 e. The van der Waals surface area contributed by atoms with Gasteiger partial charge in [-0.25, -0.2) is 0 Å². The van der Waals surface area contributed by atoms with E-state index in [1.165, 1.54) is 11.3 Å². The van der Waals surface area contributed by atoms with E-state index in [0.29, 0.717) is 16.5 Å². The Morgan fingerprint density at radius 3 is 2.76 bits per heavy atom. The summed E-state index contributed by atoms with van der Waals surface area (Å²) in [5, 5.41) is 0.918. The van der Waals surface area contributed by atoms with E-state index in [1.807, 2.05) is 25.2 Å². The van der Waals surface area contributed by atoms with Crippen LogP contribution >= 0.6 is 11.3 Å². The fourth-order valence-corrected chi connectivity index (χ4v) is 3.26. The molecule has 0 aliphatic carbocycles. The van der Waals surface area contributed by atoms with Crippen LogP contribution in [0.2, 0.25) is 0 Å². The number of anilines is 1. The van der Waals surface area contributed by atoms with Gasteiger partial charge in [-0.3, -0.25) is 4.79 Å². The Morgan fingerprint density at radius 1 is 1.43 bits per heavy atom. The van der Waals surface area contributed by atoms with Crippen LogP contribution in [-0.2, 0) is 0 Å². The van der Waals surface area contributed by atoms with Gasteiger partial charge in [0.15, 0.2) is 0 Å². The van der Waals surface area contributed by atoms with E-state index < -0.39 is 0 Å². The van der Waals surface area contributed by atoms with Crippen LogP contribution < -0.4 is 10.5 Å². The molecule has 1 heterocycles. The molecule has 0 aliphatic rings. The molecule has 0 atom stereocenters. The van der Waals surface area contributed by atoms with Crippen LogP contribution in [0.4, 0.5) is 5.69 Å². The maximum atomic E-state index is 12.5. The molecule has 1 aromatic carbocycles. The number of hydrogen-bond donors (Lipinski definition) is 1. The predicted molar refractivity (Wildman–Crippen MR) is 89.2 cm³/mol. The van der Waals surface area contributed by atoms with Crippen molar-refractivity contribution in [3.8, 4) is 5.75 Å². The number of thiophene rings is 1. The Hall–Kier alpha value is -1.75. The summed E-state index contributed by atoms with van der Waals surface area (Å²) in [5.74, 6) is 1.34.